The molecular formula is C15H24N4O2. The Hall–Kier alpha value is -1.43. The van der Waals surface area contributed by atoms with E-state index < -0.39 is 0 Å². The van der Waals surface area contributed by atoms with Gasteiger partial charge in [-0.25, -0.2) is 9.67 Å². The van der Waals surface area contributed by atoms with Crippen LogP contribution in [0.1, 0.15) is 43.4 Å². The minimum absolute atomic E-state index is 0.106. The Kier molecular flexibility index (Phi) is 4.24. The van der Waals surface area contributed by atoms with E-state index in [0.717, 1.165) is 44.2 Å². The first-order valence-corrected chi connectivity index (χ1v) is 7.88. The van der Waals surface area contributed by atoms with Crippen molar-refractivity contribution in [1.29, 1.82) is 0 Å². The molecule has 1 aromatic heterocycles. The minimum atomic E-state index is 0.106. The number of carbonyl (C=O) groups is 1. The smallest absolute Gasteiger partial charge is 0.248 e. The fourth-order valence-corrected chi connectivity index (χ4v) is 2.95. The van der Waals surface area contributed by atoms with E-state index in [-0.39, 0.29) is 18.6 Å². The number of ether oxygens (including phenoxy) is 1. The largest absolute Gasteiger partial charge is 0.371 e. The van der Waals surface area contributed by atoms with Crippen LogP contribution < -0.4 is 0 Å². The summed E-state index contributed by atoms with van der Waals surface area (Å²) in [5.74, 6) is 2.53. The van der Waals surface area contributed by atoms with E-state index in [2.05, 4.69) is 10.1 Å². The number of aryl methyl sites for hydroxylation is 2. The van der Waals surface area contributed by atoms with Crippen molar-refractivity contribution in [2.24, 2.45) is 5.92 Å². The van der Waals surface area contributed by atoms with Gasteiger partial charge in [-0.3, -0.25) is 4.79 Å². The van der Waals surface area contributed by atoms with Crippen molar-refractivity contribution in [3.63, 3.8) is 0 Å². The van der Waals surface area contributed by atoms with Crippen LogP contribution in [0.4, 0.5) is 0 Å². The molecule has 0 spiro atoms. The number of nitrogens with zero attached hydrogens (tertiary/aromatic N) is 4. The molecule has 0 bridgehead atoms. The molecule has 1 saturated carbocycles. The summed E-state index contributed by atoms with van der Waals surface area (Å²) in [6.45, 7) is 6.38. The third-order valence-electron chi connectivity index (χ3n) is 4.28. The molecular weight excluding hydrogens is 268 g/mol. The van der Waals surface area contributed by atoms with E-state index in [0.29, 0.717) is 5.92 Å². The number of piperidine rings is 1. The maximum absolute atomic E-state index is 12.2. The van der Waals surface area contributed by atoms with Crippen molar-refractivity contribution >= 4 is 5.91 Å². The number of aromatic nitrogens is 3. The van der Waals surface area contributed by atoms with Crippen LogP contribution in [-0.2, 0) is 9.53 Å². The van der Waals surface area contributed by atoms with Crippen LogP contribution >= 0.6 is 0 Å². The molecule has 2 fully saturated rings. The fourth-order valence-electron chi connectivity index (χ4n) is 2.95. The molecule has 1 aliphatic heterocycles. The number of likely N-dealkylation sites (tertiary alicyclic amines) is 1. The highest BCUT2D eigenvalue weighted by molar-refractivity contribution is 5.77. The summed E-state index contributed by atoms with van der Waals surface area (Å²) >= 11 is 0. The van der Waals surface area contributed by atoms with Crippen molar-refractivity contribution in [3.05, 3.63) is 11.6 Å². The van der Waals surface area contributed by atoms with E-state index in [1.807, 2.05) is 23.4 Å². The van der Waals surface area contributed by atoms with Crippen molar-refractivity contribution in [2.45, 2.75) is 45.6 Å². The summed E-state index contributed by atoms with van der Waals surface area (Å²) < 4.78 is 7.49. The zero-order chi connectivity index (χ0) is 14.8. The number of rotatable bonds is 5. The lowest BCUT2D eigenvalue weighted by molar-refractivity contribution is -0.138. The lowest BCUT2D eigenvalue weighted by Gasteiger charge is -2.33. The van der Waals surface area contributed by atoms with Crippen molar-refractivity contribution in [2.75, 3.05) is 26.3 Å². The standard InChI is InChI=1S/C15H24N4O2/c1-11-16-12(2)19(17-11)14-4-3-7-18(8-14)15(20)10-21-9-13-5-6-13/h13-14H,3-10H2,1-2H3/t14-/m1/s1. The van der Waals surface area contributed by atoms with Crippen molar-refractivity contribution in [3.8, 4) is 0 Å². The van der Waals surface area contributed by atoms with E-state index in [1.165, 1.54) is 12.8 Å². The summed E-state index contributed by atoms with van der Waals surface area (Å²) in [7, 11) is 0. The lowest BCUT2D eigenvalue weighted by atomic mass is 10.1. The quantitative estimate of drug-likeness (QED) is 0.825. The highest BCUT2D eigenvalue weighted by atomic mass is 16.5. The Balaban J connectivity index is 1.54. The third-order valence-corrected chi connectivity index (χ3v) is 4.28. The van der Waals surface area contributed by atoms with Crippen LogP contribution in [0, 0.1) is 19.8 Å². The van der Waals surface area contributed by atoms with Gasteiger partial charge in [-0.15, -0.1) is 0 Å². The molecule has 1 amide bonds. The normalized spacial score (nSPS) is 22.6. The molecule has 6 heteroatoms. The second kappa shape index (κ2) is 6.13. The van der Waals surface area contributed by atoms with Gasteiger partial charge in [-0.05, 0) is 45.4 Å². The van der Waals surface area contributed by atoms with Gasteiger partial charge in [0.25, 0.3) is 0 Å². The minimum Gasteiger partial charge on any atom is -0.371 e. The summed E-state index contributed by atoms with van der Waals surface area (Å²) in [6.07, 6.45) is 4.57. The molecule has 0 N–H and O–H groups in total. The molecule has 0 unspecified atom stereocenters. The molecule has 6 nitrogen and oxygen atoms in total. The molecule has 1 saturated heterocycles. The van der Waals surface area contributed by atoms with Gasteiger partial charge in [-0.2, -0.15) is 5.10 Å². The van der Waals surface area contributed by atoms with Gasteiger partial charge in [0.15, 0.2) is 0 Å². The molecule has 1 aliphatic carbocycles. The third kappa shape index (κ3) is 3.61. The van der Waals surface area contributed by atoms with Gasteiger partial charge in [-0.1, -0.05) is 0 Å². The Morgan fingerprint density at radius 3 is 2.81 bits per heavy atom. The van der Waals surface area contributed by atoms with Gasteiger partial charge in [0.05, 0.1) is 12.6 Å². The number of hydrogen-bond acceptors (Lipinski definition) is 4. The zero-order valence-corrected chi connectivity index (χ0v) is 12.9. The Labute approximate surface area is 125 Å². The topological polar surface area (TPSA) is 60.2 Å². The molecule has 21 heavy (non-hydrogen) atoms. The molecule has 2 aliphatic rings. The first-order chi connectivity index (χ1) is 10.1. The number of carbonyl (C=O) groups excluding carboxylic acids is 1. The van der Waals surface area contributed by atoms with E-state index >= 15 is 0 Å². The van der Waals surface area contributed by atoms with Crippen molar-refractivity contribution in [1.82, 2.24) is 19.7 Å². The number of amides is 1. The maximum Gasteiger partial charge on any atom is 0.248 e. The Morgan fingerprint density at radius 1 is 1.33 bits per heavy atom. The molecule has 3 rings (SSSR count). The SMILES string of the molecule is Cc1nc(C)n([C@@H]2CCCN(C(=O)COCC3CC3)C2)n1. The van der Waals surface area contributed by atoms with Gasteiger partial charge in [0.1, 0.15) is 18.3 Å². The van der Waals surface area contributed by atoms with Crippen LogP contribution in [0.15, 0.2) is 0 Å². The van der Waals surface area contributed by atoms with Gasteiger partial charge in [0.2, 0.25) is 5.91 Å². The maximum atomic E-state index is 12.2. The monoisotopic (exact) mass is 292 g/mol. The summed E-state index contributed by atoms with van der Waals surface area (Å²) in [5.41, 5.74) is 0. The van der Waals surface area contributed by atoms with Crippen LogP contribution in [0.3, 0.4) is 0 Å². The van der Waals surface area contributed by atoms with Crippen LogP contribution in [-0.4, -0.2) is 51.9 Å². The van der Waals surface area contributed by atoms with Gasteiger partial charge in [0, 0.05) is 13.1 Å². The second-order valence-electron chi connectivity index (χ2n) is 6.25. The molecule has 2 heterocycles. The van der Waals surface area contributed by atoms with Crippen LogP contribution in [0.2, 0.25) is 0 Å². The Morgan fingerprint density at radius 2 is 2.14 bits per heavy atom. The molecule has 116 valence electrons. The highest BCUT2D eigenvalue weighted by Gasteiger charge is 2.27. The molecule has 1 aromatic rings. The molecule has 0 aromatic carbocycles. The fraction of sp³-hybridized carbons (Fsp3) is 0.800. The predicted molar refractivity (Wildman–Crippen MR) is 77.9 cm³/mol. The summed E-state index contributed by atoms with van der Waals surface area (Å²) in [4.78, 5) is 18.5. The van der Waals surface area contributed by atoms with Crippen LogP contribution in [0.5, 0.6) is 0 Å². The average Bonchev–Trinajstić information content (AvgIpc) is 3.23. The summed E-state index contributed by atoms with van der Waals surface area (Å²) in [5, 5.41) is 4.46. The summed E-state index contributed by atoms with van der Waals surface area (Å²) in [6, 6.07) is 0.243. The number of hydrogen-bond donors (Lipinski definition) is 0. The van der Waals surface area contributed by atoms with E-state index in [1.54, 1.807) is 0 Å². The van der Waals surface area contributed by atoms with E-state index in [9.17, 15) is 4.79 Å². The van der Waals surface area contributed by atoms with Gasteiger partial charge >= 0.3 is 0 Å². The lowest BCUT2D eigenvalue weighted by Crippen LogP contribution is -2.42. The van der Waals surface area contributed by atoms with E-state index in [4.69, 9.17) is 4.74 Å². The molecule has 1 atom stereocenters. The molecule has 0 radical (unpaired) electrons. The zero-order valence-electron chi connectivity index (χ0n) is 12.9. The van der Waals surface area contributed by atoms with Crippen molar-refractivity contribution < 1.29 is 9.53 Å². The first-order valence-electron chi connectivity index (χ1n) is 7.88. The average molecular weight is 292 g/mol. The second-order valence-corrected chi connectivity index (χ2v) is 6.25. The van der Waals surface area contributed by atoms with Gasteiger partial charge < -0.3 is 9.64 Å². The highest BCUT2D eigenvalue weighted by Crippen LogP contribution is 2.28. The first kappa shape index (κ1) is 14.5. The predicted octanol–water partition coefficient (Wildman–Crippen LogP) is 1.49. The Bertz CT molecular complexity index is 510. The van der Waals surface area contributed by atoms with Crippen LogP contribution in [0.25, 0.3) is 0 Å².